The average molecular weight is 493 g/mol. The van der Waals surface area contributed by atoms with Gasteiger partial charge in [-0.3, -0.25) is 19.2 Å². The van der Waals surface area contributed by atoms with Crippen molar-refractivity contribution in [2.24, 2.45) is 11.7 Å². The van der Waals surface area contributed by atoms with E-state index in [0.717, 1.165) is 0 Å². The summed E-state index contributed by atoms with van der Waals surface area (Å²) in [7, 11) is 0. The molecule has 0 saturated heterocycles. The highest BCUT2D eigenvalue weighted by atomic mass is 32.2. The maximum atomic E-state index is 12.8. The van der Waals surface area contributed by atoms with Gasteiger partial charge in [0.05, 0.1) is 12.1 Å². The SMILES string of the molecule is CSCCC(NC(=O)C(NC(=O)C(N)CC(C)C)C(C)O)C(=O)NC(CCC(=O)O)C(=O)O. The van der Waals surface area contributed by atoms with Crippen LogP contribution in [-0.4, -0.2) is 87.3 Å². The van der Waals surface area contributed by atoms with Gasteiger partial charge in [0.1, 0.15) is 18.1 Å². The molecule has 0 aromatic heterocycles. The summed E-state index contributed by atoms with van der Waals surface area (Å²) in [6.07, 6.45) is 0.180. The predicted molar refractivity (Wildman–Crippen MR) is 122 cm³/mol. The number of hydrogen-bond donors (Lipinski definition) is 7. The van der Waals surface area contributed by atoms with Gasteiger partial charge in [-0.2, -0.15) is 11.8 Å². The molecule has 0 aromatic rings. The molecule has 190 valence electrons. The van der Waals surface area contributed by atoms with Crippen LogP contribution in [0.25, 0.3) is 0 Å². The smallest absolute Gasteiger partial charge is 0.326 e. The minimum Gasteiger partial charge on any atom is -0.481 e. The molecule has 0 spiro atoms. The molecule has 3 amide bonds. The largest absolute Gasteiger partial charge is 0.481 e. The molecule has 12 nitrogen and oxygen atoms in total. The number of carbonyl (C=O) groups is 5. The zero-order valence-corrected chi connectivity index (χ0v) is 20.2. The second-order valence-electron chi connectivity index (χ2n) is 8.14. The van der Waals surface area contributed by atoms with Gasteiger partial charge in [-0.15, -0.1) is 0 Å². The molecule has 0 heterocycles. The monoisotopic (exact) mass is 492 g/mol. The zero-order chi connectivity index (χ0) is 25.7. The van der Waals surface area contributed by atoms with Crippen LogP contribution >= 0.6 is 11.8 Å². The number of thioether (sulfide) groups is 1. The number of carboxylic acids is 2. The van der Waals surface area contributed by atoms with Gasteiger partial charge in [-0.25, -0.2) is 4.79 Å². The summed E-state index contributed by atoms with van der Waals surface area (Å²) in [5.41, 5.74) is 5.83. The standard InChI is InChI=1S/C20H36N4O8S/c1-10(2)9-12(21)17(28)24-16(11(3)25)19(30)22-13(7-8-33-4)18(29)23-14(20(31)32)5-6-15(26)27/h10-14,16,25H,5-9,21H2,1-4H3,(H,22,30)(H,23,29)(H,24,28)(H,26,27)(H,31,32). The van der Waals surface area contributed by atoms with Crippen molar-refractivity contribution in [2.45, 2.75) is 76.7 Å². The lowest BCUT2D eigenvalue weighted by atomic mass is 10.0. The fourth-order valence-corrected chi connectivity index (χ4v) is 3.32. The predicted octanol–water partition coefficient (Wildman–Crippen LogP) is -1.10. The summed E-state index contributed by atoms with van der Waals surface area (Å²) in [5, 5.41) is 35.1. The van der Waals surface area contributed by atoms with Gasteiger partial charge in [0.2, 0.25) is 17.7 Å². The first-order valence-electron chi connectivity index (χ1n) is 10.6. The van der Waals surface area contributed by atoms with E-state index < -0.39 is 66.4 Å². The van der Waals surface area contributed by atoms with Crippen LogP contribution in [0.3, 0.4) is 0 Å². The highest BCUT2D eigenvalue weighted by Crippen LogP contribution is 2.07. The van der Waals surface area contributed by atoms with Gasteiger partial charge < -0.3 is 37.0 Å². The molecule has 0 aliphatic rings. The molecule has 0 aliphatic carbocycles. The van der Waals surface area contributed by atoms with Crippen molar-refractivity contribution in [3.8, 4) is 0 Å². The molecule has 0 aliphatic heterocycles. The number of nitrogens with one attached hydrogen (secondary N) is 3. The molecule has 0 rings (SSSR count). The van der Waals surface area contributed by atoms with E-state index in [0.29, 0.717) is 12.2 Å². The summed E-state index contributed by atoms with van der Waals surface area (Å²) in [4.78, 5) is 59.9. The summed E-state index contributed by atoms with van der Waals surface area (Å²) in [6.45, 7) is 5.05. The van der Waals surface area contributed by atoms with Crippen molar-refractivity contribution in [3.63, 3.8) is 0 Å². The molecule has 0 bridgehead atoms. The van der Waals surface area contributed by atoms with Crippen LogP contribution in [0.5, 0.6) is 0 Å². The number of rotatable bonds is 16. The molecule has 0 aromatic carbocycles. The van der Waals surface area contributed by atoms with Crippen molar-refractivity contribution in [3.05, 3.63) is 0 Å². The van der Waals surface area contributed by atoms with Gasteiger partial charge in [-0.1, -0.05) is 13.8 Å². The summed E-state index contributed by atoms with van der Waals surface area (Å²) < 4.78 is 0. The van der Waals surface area contributed by atoms with E-state index in [2.05, 4.69) is 16.0 Å². The Morgan fingerprint density at radius 1 is 0.879 bits per heavy atom. The fraction of sp³-hybridized carbons (Fsp3) is 0.750. The Bertz CT molecular complexity index is 689. The van der Waals surface area contributed by atoms with E-state index in [-0.39, 0.29) is 18.8 Å². The van der Waals surface area contributed by atoms with Crippen LogP contribution in [0.4, 0.5) is 0 Å². The van der Waals surface area contributed by atoms with Gasteiger partial charge in [0.25, 0.3) is 0 Å². The maximum absolute atomic E-state index is 12.8. The van der Waals surface area contributed by atoms with Crippen LogP contribution in [0, 0.1) is 5.92 Å². The average Bonchev–Trinajstić information content (AvgIpc) is 2.70. The zero-order valence-electron chi connectivity index (χ0n) is 19.4. The lowest BCUT2D eigenvalue weighted by Crippen LogP contribution is -2.60. The van der Waals surface area contributed by atoms with Crippen molar-refractivity contribution in [1.29, 1.82) is 0 Å². The van der Waals surface area contributed by atoms with Crippen molar-refractivity contribution in [1.82, 2.24) is 16.0 Å². The van der Waals surface area contributed by atoms with E-state index in [1.807, 2.05) is 13.8 Å². The lowest BCUT2D eigenvalue weighted by Gasteiger charge is -2.26. The quantitative estimate of drug-likeness (QED) is 0.138. The molecule has 33 heavy (non-hydrogen) atoms. The Morgan fingerprint density at radius 2 is 1.45 bits per heavy atom. The Morgan fingerprint density at radius 3 is 1.91 bits per heavy atom. The second-order valence-corrected chi connectivity index (χ2v) is 9.12. The minimum atomic E-state index is -1.46. The lowest BCUT2D eigenvalue weighted by molar-refractivity contribution is -0.143. The first-order chi connectivity index (χ1) is 15.3. The Labute approximate surface area is 197 Å². The molecular formula is C20H36N4O8S. The fourth-order valence-electron chi connectivity index (χ4n) is 2.84. The molecule has 0 radical (unpaired) electrons. The molecule has 5 unspecified atom stereocenters. The third-order valence-electron chi connectivity index (χ3n) is 4.63. The van der Waals surface area contributed by atoms with Crippen molar-refractivity contribution < 1.29 is 39.3 Å². The van der Waals surface area contributed by atoms with Gasteiger partial charge in [0.15, 0.2) is 0 Å². The summed E-state index contributed by atoms with van der Waals surface area (Å²) >= 11 is 1.39. The third-order valence-corrected chi connectivity index (χ3v) is 5.27. The molecular weight excluding hydrogens is 456 g/mol. The van der Waals surface area contributed by atoms with E-state index in [4.69, 9.17) is 10.8 Å². The Balaban J connectivity index is 5.38. The number of nitrogens with two attached hydrogens (primary N) is 1. The topological polar surface area (TPSA) is 208 Å². The van der Waals surface area contributed by atoms with Crippen LogP contribution in [0.15, 0.2) is 0 Å². The van der Waals surface area contributed by atoms with Crippen molar-refractivity contribution >= 4 is 41.4 Å². The molecule has 0 fully saturated rings. The van der Waals surface area contributed by atoms with E-state index in [1.165, 1.54) is 18.7 Å². The third kappa shape index (κ3) is 12.4. The van der Waals surface area contributed by atoms with E-state index >= 15 is 0 Å². The molecule has 0 saturated carbocycles. The Hall–Kier alpha value is -2.38. The molecule has 8 N–H and O–H groups in total. The summed E-state index contributed by atoms with van der Waals surface area (Å²) in [6, 6.07) is -4.90. The highest BCUT2D eigenvalue weighted by molar-refractivity contribution is 7.98. The number of carboxylic acid groups (broad SMARTS) is 2. The molecule has 5 atom stereocenters. The number of aliphatic carboxylic acids is 2. The minimum absolute atomic E-state index is 0.132. The van der Waals surface area contributed by atoms with Crippen molar-refractivity contribution in [2.75, 3.05) is 12.0 Å². The Kier molecular flexibility index (Phi) is 14.3. The number of aliphatic hydroxyl groups excluding tert-OH is 1. The number of hydrogen-bond acceptors (Lipinski definition) is 8. The van der Waals surface area contributed by atoms with Gasteiger partial charge >= 0.3 is 11.9 Å². The van der Waals surface area contributed by atoms with Crippen LogP contribution in [0.2, 0.25) is 0 Å². The number of amides is 3. The second kappa shape index (κ2) is 15.5. The van der Waals surface area contributed by atoms with Crippen LogP contribution < -0.4 is 21.7 Å². The first kappa shape index (κ1) is 30.6. The van der Waals surface area contributed by atoms with Gasteiger partial charge in [-0.05, 0) is 44.1 Å². The maximum Gasteiger partial charge on any atom is 0.326 e. The van der Waals surface area contributed by atoms with E-state index in [9.17, 15) is 34.2 Å². The summed E-state index contributed by atoms with van der Waals surface area (Å²) in [5.74, 6) is -4.34. The number of aliphatic hydroxyl groups is 1. The normalized spacial score (nSPS) is 15.6. The van der Waals surface area contributed by atoms with Gasteiger partial charge in [0, 0.05) is 6.42 Å². The van der Waals surface area contributed by atoms with E-state index in [1.54, 1.807) is 6.26 Å². The molecule has 13 heteroatoms. The number of carbonyl (C=O) groups excluding carboxylic acids is 3. The van der Waals surface area contributed by atoms with Crippen LogP contribution in [0.1, 0.15) is 46.5 Å². The first-order valence-corrected chi connectivity index (χ1v) is 12.0. The highest BCUT2D eigenvalue weighted by Gasteiger charge is 2.32. The van der Waals surface area contributed by atoms with Crippen LogP contribution in [-0.2, 0) is 24.0 Å².